The molecule has 1 amide bonds. The van der Waals surface area contributed by atoms with E-state index in [-0.39, 0.29) is 11.8 Å². The number of amides is 1. The number of hydrogen-bond acceptors (Lipinski definition) is 3. The second-order valence-electron chi connectivity index (χ2n) is 5.26. The summed E-state index contributed by atoms with van der Waals surface area (Å²) in [4.78, 5) is 12.0. The molecule has 0 radical (unpaired) electrons. The molecule has 1 heterocycles. The molecule has 2 N–H and O–H groups in total. The van der Waals surface area contributed by atoms with Crippen molar-refractivity contribution in [2.24, 2.45) is 5.92 Å². The topological polar surface area (TPSA) is 50.4 Å². The lowest BCUT2D eigenvalue weighted by Gasteiger charge is -2.30. The van der Waals surface area contributed by atoms with Gasteiger partial charge >= 0.3 is 0 Å². The summed E-state index contributed by atoms with van der Waals surface area (Å²) in [5, 5.41) is 6.49. The minimum Gasteiger partial charge on any atom is -0.381 e. The first kappa shape index (κ1) is 12.8. The first-order chi connectivity index (χ1) is 8.29. The molecular formula is C13H24N2O2. The van der Waals surface area contributed by atoms with Crippen LogP contribution in [0.2, 0.25) is 0 Å². The fourth-order valence-corrected chi connectivity index (χ4v) is 2.79. The average molecular weight is 240 g/mol. The Bertz CT molecular complexity index is 244. The van der Waals surface area contributed by atoms with Crippen LogP contribution >= 0.6 is 0 Å². The molecule has 1 atom stereocenters. The molecule has 0 aromatic carbocycles. The third-order valence-electron chi connectivity index (χ3n) is 4.01. The van der Waals surface area contributed by atoms with Gasteiger partial charge in [0, 0.05) is 18.7 Å². The number of rotatable bonds is 3. The summed E-state index contributed by atoms with van der Waals surface area (Å²) in [6, 6.07) is 1.02. The van der Waals surface area contributed by atoms with Crippen LogP contribution in [-0.2, 0) is 9.53 Å². The van der Waals surface area contributed by atoms with Crippen molar-refractivity contribution >= 4 is 5.91 Å². The van der Waals surface area contributed by atoms with Crippen molar-refractivity contribution in [1.82, 2.24) is 10.6 Å². The summed E-state index contributed by atoms with van der Waals surface area (Å²) in [5.41, 5.74) is 0. The van der Waals surface area contributed by atoms with Crippen LogP contribution in [0, 0.1) is 5.92 Å². The summed E-state index contributed by atoms with van der Waals surface area (Å²) in [6.45, 7) is 1.43. The fraction of sp³-hybridized carbons (Fsp3) is 0.923. The maximum absolute atomic E-state index is 12.0. The average Bonchev–Trinajstić information content (AvgIpc) is 2.40. The zero-order chi connectivity index (χ0) is 12.1. The van der Waals surface area contributed by atoms with Crippen LogP contribution in [0.25, 0.3) is 0 Å². The highest BCUT2D eigenvalue weighted by atomic mass is 16.5. The predicted molar refractivity (Wildman–Crippen MR) is 66.8 cm³/mol. The Morgan fingerprint density at radius 1 is 1.12 bits per heavy atom. The van der Waals surface area contributed by atoms with E-state index >= 15 is 0 Å². The van der Waals surface area contributed by atoms with Gasteiger partial charge in [0.1, 0.15) is 0 Å². The molecular weight excluding hydrogens is 216 g/mol. The Morgan fingerprint density at radius 2 is 1.82 bits per heavy atom. The van der Waals surface area contributed by atoms with E-state index in [1.807, 2.05) is 7.05 Å². The Hall–Kier alpha value is -0.610. The number of carbonyl (C=O) groups is 1. The van der Waals surface area contributed by atoms with E-state index < -0.39 is 0 Å². The van der Waals surface area contributed by atoms with E-state index in [9.17, 15) is 4.79 Å². The van der Waals surface area contributed by atoms with Crippen molar-refractivity contribution in [1.29, 1.82) is 0 Å². The quantitative estimate of drug-likeness (QED) is 0.775. The van der Waals surface area contributed by atoms with Gasteiger partial charge in [0.05, 0.1) is 12.5 Å². The molecule has 2 rings (SSSR count). The highest BCUT2D eigenvalue weighted by Crippen LogP contribution is 2.20. The third kappa shape index (κ3) is 3.68. The van der Waals surface area contributed by atoms with Gasteiger partial charge in [0.25, 0.3) is 0 Å². The summed E-state index contributed by atoms with van der Waals surface area (Å²) in [5.74, 6) is 0.295. The van der Waals surface area contributed by atoms with Crippen molar-refractivity contribution in [3.8, 4) is 0 Å². The molecule has 1 aliphatic heterocycles. The van der Waals surface area contributed by atoms with E-state index in [2.05, 4.69) is 10.6 Å². The summed E-state index contributed by atoms with van der Waals surface area (Å²) in [6.07, 6.45) is 6.54. The largest absolute Gasteiger partial charge is 0.381 e. The molecule has 98 valence electrons. The first-order valence-electron chi connectivity index (χ1n) is 6.85. The van der Waals surface area contributed by atoms with Crippen molar-refractivity contribution in [3.05, 3.63) is 0 Å². The zero-order valence-corrected chi connectivity index (χ0v) is 10.7. The minimum absolute atomic E-state index is 0.0887. The van der Waals surface area contributed by atoms with Gasteiger partial charge in [0.15, 0.2) is 0 Å². The van der Waals surface area contributed by atoms with E-state index in [0.717, 1.165) is 32.3 Å². The Morgan fingerprint density at radius 3 is 2.41 bits per heavy atom. The molecule has 2 fully saturated rings. The summed E-state index contributed by atoms with van der Waals surface area (Å²) < 4.78 is 5.36. The second-order valence-corrected chi connectivity index (χ2v) is 5.26. The van der Waals surface area contributed by atoms with Crippen molar-refractivity contribution in [2.45, 2.75) is 50.6 Å². The highest BCUT2D eigenvalue weighted by Gasteiger charge is 2.26. The van der Waals surface area contributed by atoms with Crippen molar-refractivity contribution < 1.29 is 9.53 Å². The minimum atomic E-state index is 0.0887. The van der Waals surface area contributed by atoms with Crippen LogP contribution in [0.15, 0.2) is 0 Å². The first-order valence-corrected chi connectivity index (χ1v) is 6.85. The zero-order valence-electron chi connectivity index (χ0n) is 10.7. The third-order valence-corrected chi connectivity index (χ3v) is 4.01. The van der Waals surface area contributed by atoms with Crippen LogP contribution in [0.1, 0.15) is 38.5 Å². The SMILES string of the molecule is CNC1CCC(NC(=O)C2CCCOC2)CC1. The highest BCUT2D eigenvalue weighted by molar-refractivity contribution is 5.79. The number of carbonyl (C=O) groups excluding carboxylic acids is 1. The Kier molecular flexibility index (Phi) is 4.80. The second kappa shape index (κ2) is 6.36. The smallest absolute Gasteiger partial charge is 0.225 e. The molecule has 1 saturated carbocycles. The lowest BCUT2D eigenvalue weighted by atomic mass is 9.90. The molecule has 0 aromatic heterocycles. The maximum atomic E-state index is 12.0. The molecule has 2 aliphatic rings. The van der Waals surface area contributed by atoms with Crippen LogP contribution in [0.4, 0.5) is 0 Å². The van der Waals surface area contributed by atoms with Gasteiger partial charge in [-0.15, -0.1) is 0 Å². The van der Waals surface area contributed by atoms with Crippen LogP contribution < -0.4 is 10.6 Å². The van der Waals surface area contributed by atoms with Gasteiger partial charge < -0.3 is 15.4 Å². The van der Waals surface area contributed by atoms with Crippen molar-refractivity contribution in [2.75, 3.05) is 20.3 Å². The molecule has 0 aromatic rings. The van der Waals surface area contributed by atoms with E-state index in [4.69, 9.17) is 4.74 Å². The van der Waals surface area contributed by atoms with Gasteiger partial charge in [0.2, 0.25) is 5.91 Å². The lowest BCUT2D eigenvalue weighted by molar-refractivity contribution is -0.129. The molecule has 4 heteroatoms. The molecule has 0 spiro atoms. The van der Waals surface area contributed by atoms with E-state index in [1.54, 1.807) is 0 Å². The standard InChI is InChI=1S/C13H24N2O2/c1-14-11-4-6-12(7-5-11)15-13(16)10-3-2-8-17-9-10/h10-12,14H,2-9H2,1H3,(H,15,16). The summed E-state index contributed by atoms with van der Waals surface area (Å²) >= 11 is 0. The van der Waals surface area contributed by atoms with Gasteiger partial charge in [-0.1, -0.05) is 0 Å². The number of ether oxygens (including phenoxy) is 1. The number of nitrogens with one attached hydrogen (secondary N) is 2. The Balaban J connectivity index is 1.71. The summed E-state index contributed by atoms with van der Waals surface area (Å²) in [7, 11) is 2.02. The monoisotopic (exact) mass is 240 g/mol. The van der Waals surface area contributed by atoms with E-state index in [1.165, 1.54) is 12.8 Å². The normalized spacial score (nSPS) is 34.3. The van der Waals surface area contributed by atoms with Gasteiger partial charge in [-0.05, 0) is 45.6 Å². The van der Waals surface area contributed by atoms with Crippen LogP contribution in [0.5, 0.6) is 0 Å². The van der Waals surface area contributed by atoms with Crippen molar-refractivity contribution in [3.63, 3.8) is 0 Å². The Labute approximate surface area is 103 Å². The number of hydrogen-bond donors (Lipinski definition) is 2. The molecule has 4 nitrogen and oxygen atoms in total. The van der Waals surface area contributed by atoms with Crippen LogP contribution in [0.3, 0.4) is 0 Å². The molecule has 0 bridgehead atoms. The molecule has 1 aliphatic carbocycles. The predicted octanol–water partition coefficient (Wildman–Crippen LogP) is 1.06. The van der Waals surface area contributed by atoms with Gasteiger partial charge in [-0.25, -0.2) is 0 Å². The van der Waals surface area contributed by atoms with Gasteiger partial charge in [-0.2, -0.15) is 0 Å². The van der Waals surface area contributed by atoms with Crippen LogP contribution in [-0.4, -0.2) is 38.3 Å². The van der Waals surface area contributed by atoms with Gasteiger partial charge in [-0.3, -0.25) is 4.79 Å². The lowest BCUT2D eigenvalue weighted by Crippen LogP contribution is -2.45. The molecule has 1 unspecified atom stereocenters. The fourth-order valence-electron chi connectivity index (χ4n) is 2.79. The maximum Gasteiger partial charge on any atom is 0.225 e. The van der Waals surface area contributed by atoms with E-state index in [0.29, 0.717) is 18.7 Å². The molecule has 1 saturated heterocycles. The molecule has 17 heavy (non-hydrogen) atoms.